The zero-order valence-electron chi connectivity index (χ0n) is 10.6. The van der Waals surface area contributed by atoms with Gasteiger partial charge in [0.05, 0.1) is 7.11 Å². The minimum Gasteiger partial charge on any atom is -0.497 e. The van der Waals surface area contributed by atoms with Gasteiger partial charge in [0, 0.05) is 10.5 Å². The lowest BCUT2D eigenvalue weighted by atomic mass is 9.99. The summed E-state index contributed by atoms with van der Waals surface area (Å²) in [6, 6.07) is 12.0. The second-order valence-electron chi connectivity index (χ2n) is 4.29. The molecular formula is C15H15BrFNO. The number of hydrogen-bond donors (Lipinski definition) is 1. The lowest BCUT2D eigenvalue weighted by Gasteiger charge is -2.15. The number of methoxy groups -OCH3 is 1. The van der Waals surface area contributed by atoms with Crippen molar-refractivity contribution in [3.63, 3.8) is 0 Å². The van der Waals surface area contributed by atoms with Gasteiger partial charge in [-0.15, -0.1) is 0 Å². The normalized spacial score (nSPS) is 12.2. The van der Waals surface area contributed by atoms with Gasteiger partial charge in [-0.25, -0.2) is 4.39 Å². The molecule has 0 aliphatic rings. The minimum atomic E-state index is -0.290. The molecule has 0 heterocycles. The van der Waals surface area contributed by atoms with Crippen LogP contribution in [-0.4, -0.2) is 7.11 Å². The summed E-state index contributed by atoms with van der Waals surface area (Å²) >= 11 is 3.46. The van der Waals surface area contributed by atoms with Crippen molar-refractivity contribution in [3.8, 4) is 5.75 Å². The largest absolute Gasteiger partial charge is 0.497 e. The molecular weight excluding hydrogens is 309 g/mol. The first-order chi connectivity index (χ1) is 9.11. The van der Waals surface area contributed by atoms with Crippen molar-refractivity contribution < 1.29 is 9.13 Å². The van der Waals surface area contributed by atoms with Gasteiger partial charge >= 0.3 is 0 Å². The van der Waals surface area contributed by atoms with Crippen molar-refractivity contribution in [1.82, 2.24) is 0 Å². The molecule has 2 aromatic rings. The highest BCUT2D eigenvalue weighted by Crippen LogP contribution is 2.28. The Morgan fingerprint density at radius 2 is 2.00 bits per heavy atom. The monoisotopic (exact) mass is 323 g/mol. The number of rotatable bonds is 4. The second kappa shape index (κ2) is 6.17. The van der Waals surface area contributed by atoms with Crippen LogP contribution in [0.2, 0.25) is 0 Å². The van der Waals surface area contributed by atoms with Crippen molar-refractivity contribution in [1.29, 1.82) is 0 Å². The number of hydrogen-bond acceptors (Lipinski definition) is 2. The molecule has 0 saturated carbocycles. The van der Waals surface area contributed by atoms with E-state index in [1.54, 1.807) is 19.2 Å². The van der Waals surface area contributed by atoms with E-state index in [2.05, 4.69) is 15.9 Å². The maximum Gasteiger partial charge on any atom is 0.126 e. The summed E-state index contributed by atoms with van der Waals surface area (Å²) in [7, 11) is 1.61. The van der Waals surface area contributed by atoms with E-state index >= 15 is 0 Å². The number of benzene rings is 2. The van der Waals surface area contributed by atoms with E-state index in [0.717, 1.165) is 15.8 Å². The van der Waals surface area contributed by atoms with E-state index in [0.29, 0.717) is 12.0 Å². The molecule has 100 valence electrons. The third-order valence-electron chi connectivity index (χ3n) is 3.00. The zero-order chi connectivity index (χ0) is 13.8. The van der Waals surface area contributed by atoms with Gasteiger partial charge in [0.1, 0.15) is 11.6 Å². The number of ether oxygens (including phenoxy) is 1. The molecule has 0 aliphatic heterocycles. The molecule has 2 rings (SSSR count). The molecule has 1 atom stereocenters. The minimum absolute atomic E-state index is 0.225. The summed E-state index contributed by atoms with van der Waals surface area (Å²) in [4.78, 5) is 0. The van der Waals surface area contributed by atoms with Crippen LogP contribution < -0.4 is 10.5 Å². The molecule has 2 N–H and O–H groups in total. The van der Waals surface area contributed by atoms with Crippen LogP contribution in [0, 0.1) is 5.82 Å². The van der Waals surface area contributed by atoms with E-state index in [-0.39, 0.29) is 11.9 Å². The van der Waals surface area contributed by atoms with Gasteiger partial charge in [-0.05, 0) is 41.8 Å². The molecule has 0 aromatic heterocycles. The van der Waals surface area contributed by atoms with Gasteiger partial charge in [-0.3, -0.25) is 0 Å². The van der Waals surface area contributed by atoms with Gasteiger partial charge in [0.15, 0.2) is 0 Å². The van der Waals surface area contributed by atoms with Crippen LogP contribution >= 0.6 is 15.9 Å². The van der Waals surface area contributed by atoms with E-state index in [4.69, 9.17) is 10.5 Å². The first-order valence-electron chi connectivity index (χ1n) is 5.94. The third kappa shape index (κ3) is 3.33. The molecule has 2 nitrogen and oxygen atoms in total. The lowest BCUT2D eigenvalue weighted by molar-refractivity contribution is 0.413. The Hall–Kier alpha value is -1.39. The molecule has 0 spiro atoms. The molecule has 0 saturated heterocycles. The standard InChI is InChI=1S/C15H15BrFNO/c1-19-11-6-7-13(16)12(9-11)15(18)8-10-4-2-3-5-14(10)17/h2-7,9,15H,8,18H2,1H3. The van der Waals surface area contributed by atoms with Crippen LogP contribution in [0.5, 0.6) is 5.75 Å². The van der Waals surface area contributed by atoms with Crippen LogP contribution in [0.15, 0.2) is 46.9 Å². The predicted octanol–water partition coefficient (Wildman–Crippen LogP) is 3.84. The lowest BCUT2D eigenvalue weighted by Crippen LogP contribution is -2.15. The van der Waals surface area contributed by atoms with E-state index < -0.39 is 0 Å². The van der Waals surface area contributed by atoms with E-state index in [1.165, 1.54) is 6.07 Å². The molecule has 0 bridgehead atoms. The van der Waals surface area contributed by atoms with Gasteiger partial charge in [-0.1, -0.05) is 34.1 Å². The maximum absolute atomic E-state index is 13.6. The quantitative estimate of drug-likeness (QED) is 0.927. The molecule has 2 aromatic carbocycles. The SMILES string of the molecule is COc1ccc(Br)c(C(N)Cc2ccccc2F)c1. The van der Waals surface area contributed by atoms with Crippen molar-refractivity contribution in [3.05, 3.63) is 63.9 Å². The van der Waals surface area contributed by atoms with Crippen LogP contribution in [0.3, 0.4) is 0 Å². The Kier molecular flexibility index (Phi) is 4.56. The van der Waals surface area contributed by atoms with Crippen LogP contribution in [0.4, 0.5) is 4.39 Å². The summed E-state index contributed by atoms with van der Waals surface area (Å²) in [6.07, 6.45) is 0.443. The highest BCUT2D eigenvalue weighted by molar-refractivity contribution is 9.10. The topological polar surface area (TPSA) is 35.2 Å². The summed E-state index contributed by atoms with van der Waals surface area (Å²) in [5, 5.41) is 0. The van der Waals surface area contributed by atoms with Crippen LogP contribution in [-0.2, 0) is 6.42 Å². The Morgan fingerprint density at radius 3 is 2.68 bits per heavy atom. The number of nitrogens with two attached hydrogens (primary N) is 1. The van der Waals surface area contributed by atoms with Gasteiger partial charge in [-0.2, -0.15) is 0 Å². The van der Waals surface area contributed by atoms with Crippen LogP contribution in [0.25, 0.3) is 0 Å². The second-order valence-corrected chi connectivity index (χ2v) is 5.14. The molecule has 0 amide bonds. The highest BCUT2D eigenvalue weighted by Gasteiger charge is 2.13. The molecule has 19 heavy (non-hydrogen) atoms. The molecule has 0 aliphatic carbocycles. The highest BCUT2D eigenvalue weighted by atomic mass is 79.9. The zero-order valence-corrected chi connectivity index (χ0v) is 12.2. The molecule has 4 heteroatoms. The van der Waals surface area contributed by atoms with E-state index in [9.17, 15) is 4.39 Å². The first-order valence-corrected chi connectivity index (χ1v) is 6.73. The van der Waals surface area contributed by atoms with Crippen molar-refractivity contribution in [2.45, 2.75) is 12.5 Å². The fourth-order valence-corrected chi connectivity index (χ4v) is 2.48. The van der Waals surface area contributed by atoms with Gasteiger partial charge in [0.25, 0.3) is 0 Å². The maximum atomic E-state index is 13.6. The molecule has 0 fully saturated rings. The third-order valence-corrected chi connectivity index (χ3v) is 3.72. The van der Waals surface area contributed by atoms with Crippen molar-refractivity contribution in [2.24, 2.45) is 5.73 Å². The van der Waals surface area contributed by atoms with Crippen molar-refractivity contribution in [2.75, 3.05) is 7.11 Å². The Balaban J connectivity index is 2.25. The summed E-state index contributed by atoms with van der Waals surface area (Å²) in [5.74, 6) is 0.513. The van der Waals surface area contributed by atoms with Crippen molar-refractivity contribution >= 4 is 15.9 Å². The predicted molar refractivity (Wildman–Crippen MR) is 77.7 cm³/mol. The summed E-state index contributed by atoms with van der Waals surface area (Å²) in [6.45, 7) is 0. The Bertz CT molecular complexity index is 574. The fourth-order valence-electron chi connectivity index (χ4n) is 1.94. The average molecular weight is 324 g/mol. The van der Waals surface area contributed by atoms with Gasteiger partial charge < -0.3 is 10.5 Å². The number of halogens is 2. The summed E-state index contributed by atoms with van der Waals surface area (Å²) < 4.78 is 19.7. The first kappa shape index (κ1) is 14.0. The average Bonchev–Trinajstić information content (AvgIpc) is 2.42. The van der Waals surface area contributed by atoms with E-state index in [1.807, 2.05) is 24.3 Å². The Morgan fingerprint density at radius 1 is 1.26 bits per heavy atom. The fraction of sp³-hybridized carbons (Fsp3) is 0.200. The Labute approximate surface area is 120 Å². The molecule has 0 radical (unpaired) electrons. The van der Waals surface area contributed by atoms with Crippen LogP contribution in [0.1, 0.15) is 17.2 Å². The molecule has 1 unspecified atom stereocenters. The smallest absolute Gasteiger partial charge is 0.126 e. The summed E-state index contributed by atoms with van der Waals surface area (Å²) in [5.41, 5.74) is 7.69. The van der Waals surface area contributed by atoms with Gasteiger partial charge in [0.2, 0.25) is 0 Å².